The minimum absolute atomic E-state index is 0.0970. The predicted molar refractivity (Wildman–Crippen MR) is 101 cm³/mol. The second-order valence-electron chi connectivity index (χ2n) is 7.01. The van der Waals surface area contributed by atoms with Crippen LogP contribution in [0, 0.1) is 0 Å². The van der Waals surface area contributed by atoms with Crippen molar-refractivity contribution in [2.75, 3.05) is 10.6 Å². The zero-order chi connectivity index (χ0) is 23.3. The van der Waals surface area contributed by atoms with Crippen molar-refractivity contribution in [2.24, 2.45) is 0 Å². The number of carbonyl (C=O) groups is 1. The lowest BCUT2D eigenvalue weighted by molar-refractivity contribution is -0.174. The van der Waals surface area contributed by atoms with E-state index in [0.717, 1.165) is 18.2 Å². The van der Waals surface area contributed by atoms with Gasteiger partial charge in [-0.05, 0) is 30.3 Å². The topological polar surface area (TPSA) is 72.1 Å². The molecule has 2 N–H and O–H groups in total. The number of hydrogen-bond donors (Lipinski definition) is 2. The van der Waals surface area contributed by atoms with Crippen molar-refractivity contribution < 1.29 is 35.6 Å². The Balaban J connectivity index is 1.64. The van der Waals surface area contributed by atoms with Crippen LogP contribution >= 0.6 is 11.6 Å². The number of hydrogen-bond acceptors (Lipinski definition) is 4. The average Bonchev–Trinajstić information content (AvgIpc) is 3.36. The lowest BCUT2D eigenvalue weighted by atomic mass is 10.0. The van der Waals surface area contributed by atoms with Gasteiger partial charge in [0, 0.05) is 12.5 Å². The van der Waals surface area contributed by atoms with Gasteiger partial charge >= 0.3 is 12.4 Å². The second-order valence-corrected chi connectivity index (χ2v) is 7.42. The van der Waals surface area contributed by atoms with Gasteiger partial charge in [0.25, 0.3) is 5.91 Å². The SMILES string of the molecule is O=C(Nc1cc(C(F)(F)F)ccc1Cl)c1cc2n(n1)[C@H](C(F)(F)F)C[C@H](c1ccco1)N2. The Morgan fingerprint density at radius 1 is 1.19 bits per heavy atom. The molecule has 0 fully saturated rings. The molecule has 6 nitrogen and oxygen atoms in total. The van der Waals surface area contributed by atoms with Gasteiger partial charge in [-0.2, -0.15) is 31.4 Å². The van der Waals surface area contributed by atoms with Crippen LogP contribution in [0.25, 0.3) is 0 Å². The number of furan rings is 1. The summed E-state index contributed by atoms with van der Waals surface area (Å²) >= 11 is 5.86. The molecule has 0 aliphatic carbocycles. The standard InChI is InChI=1S/C19H13ClF6N4O2/c20-10-4-3-9(18(21,22)23)6-11(10)28-17(31)13-8-16-27-12(14-2-1-5-32-14)7-15(19(24,25)26)30(16)29-13/h1-6,8,12,15,27H,7H2,(H,28,31)/t12-,15+/m1/s1. The minimum Gasteiger partial charge on any atom is -0.467 e. The first-order valence-corrected chi connectivity index (χ1v) is 9.45. The third-order valence-electron chi connectivity index (χ3n) is 4.85. The molecule has 13 heteroatoms. The Morgan fingerprint density at radius 2 is 1.94 bits per heavy atom. The number of anilines is 2. The van der Waals surface area contributed by atoms with Gasteiger partial charge in [0.15, 0.2) is 11.7 Å². The molecule has 0 bridgehead atoms. The fourth-order valence-electron chi connectivity index (χ4n) is 3.34. The van der Waals surface area contributed by atoms with Crippen molar-refractivity contribution in [2.45, 2.75) is 30.9 Å². The maximum Gasteiger partial charge on any atom is 0.416 e. The molecule has 0 radical (unpaired) electrons. The molecule has 3 aromatic rings. The van der Waals surface area contributed by atoms with Gasteiger partial charge in [0.05, 0.1) is 28.6 Å². The summed E-state index contributed by atoms with van der Waals surface area (Å²) in [7, 11) is 0. The molecule has 2 atom stereocenters. The summed E-state index contributed by atoms with van der Waals surface area (Å²) in [6.07, 6.45) is -8.47. The number of amides is 1. The van der Waals surface area contributed by atoms with Crippen molar-refractivity contribution in [3.05, 3.63) is 64.7 Å². The number of nitrogens with one attached hydrogen (secondary N) is 2. The number of carbonyl (C=O) groups excluding carboxylic acids is 1. The first kappa shape index (κ1) is 22.1. The summed E-state index contributed by atoms with van der Waals surface area (Å²) in [6.45, 7) is 0. The maximum atomic E-state index is 13.7. The molecule has 1 aromatic carbocycles. The van der Waals surface area contributed by atoms with Crippen molar-refractivity contribution in [1.82, 2.24) is 9.78 Å². The molecular weight excluding hydrogens is 466 g/mol. The lowest BCUT2D eigenvalue weighted by Gasteiger charge is -2.32. The van der Waals surface area contributed by atoms with Gasteiger partial charge in [-0.3, -0.25) is 4.79 Å². The Hall–Kier alpha value is -3.15. The minimum atomic E-state index is -4.68. The summed E-state index contributed by atoms with van der Waals surface area (Å²) in [4.78, 5) is 12.6. The molecule has 0 saturated carbocycles. The van der Waals surface area contributed by atoms with Crippen LogP contribution in [0.3, 0.4) is 0 Å². The van der Waals surface area contributed by atoms with E-state index in [0.29, 0.717) is 10.7 Å². The third-order valence-corrected chi connectivity index (χ3v) is 5.18. The largest absolute Gasteiger partial charge is 0.467 e. The van der Waals surface area contributed by atoms with E-state index in [9.17, 15) is 31.1 Å². The molecule has 1 aliphatic rings. The summed E-state index contributed by atoms with van der Waals surface area (Å²) in [5.41, 5.74) is -1.84. The Bertz CT molecular complexity index is 1140. The van der Waals surface area contributed by atoms with Crippen molar-refractivity contribution >= 4 is 29.0 Å². The van der Waals surface area contributed by atoms with Gasteiger partial charge in [-0.25, -0.2) is 4.68 Å². The van der Waals surface area contributed by atoms with Crippen LogP contribution in [0.15, 0.2) is 47.1 Å². The van der Waals surface area contributed by atoms with Gasteiger partial charge in [0.1, 0.15) is 11.6 Å². The summed E-state index contributed by atoms with van der Waals surface area (Å²) in [5.74, 6) is -0.848. The summed E-state index contributed by atoms with van der Waals surface area (Å²) in [6, 6.07) is 3.56. The quantitative estimate of drug-likeness (QED) is 0.449. The van der Waals surface area contributed by atoms with Crippen molar-refractivity contribution in [3.8, 4) is 0 Å². The zero-order valence-corrected chi connectivity index (χ0v) is 16.5. The van der Waals surface area contributed by atoms with E-state index < -0.39 is 48.0 Å². The van der Waals surface area contributed by atoms with E-state index in [-0.39, 0.29) is 22.3 Å². The number of benzene rings is 1. The van der Waals surface area contributed by atoms with Crippen LogP contribution in [0.1, 0.15) is 40.3 Å². The molecule has 0 unspecified atom stereocenters. The van der Waals surface area contributed by atoms with Crippen LogP contribution in [-0.4, -0.2) is 21.9 Å². The maximum absolute atomic E-state index is 13.7. The highest BCUT2D eigenvalue weighted by atomic mass is 35.5. The van der Waals surface area contributed by atoms with Gasteiger partial charge in [-0.1, -0.05) is 11.6 Å². The van der Waals surface area contributed by atoms with E-state index in [2.05, 4.69) is 15.7 Å². The smallest absolute Gasteiger partial charge is 0.416 e. The highest BCUT2D eigenvalue weighted by Gasteiger charge is 2.47. The van der Waals surface area contributed by atoms with Crippen LogP contribution < -0.4 is 10.6 Å². The number of rotatable bonds is 3. The molecule has 0 saturated heterocycles. The van der Waals surface area contributed by atoms with E-state index in [4.69, 9.17) is 16.0 Å². The van der Waals surface area contributed by atoms with Crippen molar-refractivity contribution in [3.63, 3.8) is 0 Å². The third kappa shape index (κ3) is 4.27. The number of alkyl halides is 6. The monoisotopic (exact) mass is 478 g/mol. The molecule has 0 spiro atoms. The summed E-state index contributed by atoms with van der Waals surface area (Å²) < 4.78 is 85.6. The normalized spacial score (nSPS) is 18.7. The first-order chi connectivity index (χ1) is 14.9. The molecule has 170 valence electrons. The molecule has 1 aliphatic heterocycles. The fourth-order valence-corrected chi connectivity index (χ4v) is 3.51. The van der Waals surface area contributed by atoms with Crippen LogP contribution in [0.5, 0.6) is 0 Å². The van der Waals surface area contributed by atoms with E-state index in [1.54, 1.807) is 0 Å². The molecule has 32 heavy (non-hydrogen) atoms. The average molecular weight is 479 g/mol. The Kier molecular flexibility index (Phi) is 5.35. The van der Waals surface area contributed by atoms with Crippen LogP contribution in [0.4, 0.5) is 37.8 Å². The Morgan fingerprint density at radius 3 is 2.56 bits per heavy atom. The fraction of sp³-hybridized carbons (Fsp3) is 0.263. The molecule has 2 aromatic heterocycles. The van der Waals surface area contributed by atoms with Gasteiger partial charge in [0.2, 0.25) is 0 Å². The Labute approximate surface area is 181 Å². The number of halogens is 7. The van der Waals surface area contributed by atoms with E-state index in [1.807, 2.05) is 0 Å². The number of nitrogens with zero attached hydrogens (tertiary/aromatic N) is 2. The van der Waals surface area contributed by atoms with Crippen LogP contribution in [-0.2, 0) is 6.18 Å². The zero-order valence-electron chi connectivity index (χ0n) is 15.8. The van der Waals surface area contributed by atoms with Crippen molar-refractivity contribution in [1.29, 1.82) is 0 Å². The van der Waals surface area contributed by atoms with Crippen LogP contribution in [0.2, 0.25) is 5.02 Å². The molecule has 3 heterocycles. The highest BCUT2D eigenvalue weighted by molar-refractivity contribution is 6.33. The van der Waals surface area contributed by atoms with Gasteiger partial charge in [-0.15, -0.1) is 0 Å². The highest BCUT2D eigenvalue weighted by Crippen LogP contribution is 2.43. The molecule has 1 amide bonds. The van der Waals surface area contributed by atoms with Gasteiger partial charge < -0.3 is 15.1 Å². The summed E-state index contributed by atoms with van der Waals surface area (Å²) in [5, 5.41) is 8.56. The predicted octanol–water partition coefficient (Wildman–Crippen LogP) is 6.06. The van der Waals surface area contributed by atoms with E-state index in [1.165, 1.54) is 18.4 Å². The molecular formula is C19H13ClF6N4O2. The number of fused-ring (bicyclic) bond motifs is 1. The number of aromatic nitrogens is 2. The second kappa shape index (κ2) is 7.76. The molecule has 4 rings (SSSR count). The van der Waals surface area contributed by atoms with E-state index >= 15 is 0 Å². The lowest BCUT2D eigenvalue weighted by Crippen LogP contribution is -2.35. The first-order valence-electron chi connectivity index (χ1n) is 9.08.